The molecule has 3 aromatic rings. The van der Waals surface area contributed by atoms with E-state index in [1.54, 1.807) is 60.3 Å². The first-order chi connectivity index (χ1) is 12.0. The van der Waals surface area contributed by atoms with Gasteiger partial charge in [-0.1, -0.05) is 18.2 Å². The van der Waals surface area contributed by atoms with Gasteiger partial charge in [-0.25, -0.2) is 9.37 Å². The van der Waals surface area contributed by atoms with E-state index in [4.69, 9.17) is 0 Å². The standard InChI is InChI=1S/C19H16FN3O2/c1-13-4-2-10-21-18(13)22-19(25)17(24)16-5-3-11-23(16)12-14-6-8-15(20)9-7-14/h2-11H,12H2,1H3,(H,21,22,25). The molecule has 0 spiro atoms. The largest absolute Gasteiger partial charge is 0.340 e. The number of Topliss-reactive ketones (excluding diaryl/α,β-unsaturated/α-hetero) is 1. The molecule has 0 fully saturated rings. The van der Waals surface area contributed by atoms with Gasteiger partial charge < -0.3 is 9.88 Å². The van der Waals surface area contributed by atoms with Crippen LogP contribution in [0.4, 0.5) is 10.2 Å². The first kappa shape index (κ1) is 16.6. The number of halogens is 1. The number of rotatable bonds is 5. The van der Waals surface area contributed by atoms with Crippen LogP contribution in [0.25, 0.3) is 0 Å². The maximum Gasteiger partial charge on any atom is 0.299 e. The zero-order valence-electron chi connectivity index (χ0n) is 13.6. The number of hydrogen-bond acceptors (Lipinski definition) is 3. The molecule has 2 aromatic heterocycles. The second-order valence-corrected chi connectivity index (χ2v) is 5.60. The molecule has 25 heavy (non-hydrogen) atoms. The highest BCUT2D eigenvalue weighted by molar-refractivity contribution is 6.46. The van der Waals surface area contributed by atoms with Crippen molar-refractivity contribution in [3.05, 3.63) is 83.6 Å². The van der Waals surface area contributed by atoms with Crippen LogP contribution in [-0.4, -0.2) is 21.2 Å². The molecule has 0 atom stereocenters. The predicted octanol–water partition coefficient (Wildman–Crippen LogP) is 3.20. The van der Waals surface area contributed by atoms with Crippen LogP contribution in [0.3, 0.4) is 0 Å². The van der Waals surface area contributed by atoms with E-state index in [1.807, 2.05) is 0 Å². The van der Waals surface area contributed by atoms with Crippen molar-refractivity contribution in [1.82, 2.24) is 9.55 Å². The molecule has 2 heterocycles. The van der Waals surface area contributed by atoms with Gasteiger partial charge in [0.15, 0.2) is 0 Å². The smallest absolute Gasteiger partial charge is 0.299 e. The van der Waals surface area contributed by atoms with Gasteiger partial charge in [-0.05, 0) is 48.4 Å². The SMILES string of the molecule is Cc1cccnc1NC(=O)C(=O)c1cccn1Cc1ccc(F)cc1. The highest BCUT2D eigenvalue weighted by Gasteiger charge is 2.20. The van der Waals surface area contributed by atoms with E-state index in [2.05, 4.69) is 10.3 Å². The fourth-order valence-corrected chi connectivity index (χ4v) is 2.44. The molecule has 0 saturated heterocycles. The number of nitrogens with one attached hydrogen (secondary N) is 1. The number of aromatic nitrogens is 2. The molecule has 1 amide bonds. The Balaban J connectivity index is 1.77. The summed E-state index contributed by atoms with van der Waals surface area (Å²) in [6, 6.07) is 12.8. The molecule has 1 N–H and O–H groups in total. The summed E-state index contributed by atoms with van der Waals surface area (Å²) < 4.78 is 14.7. The van der Waals surface area contributed by atoms with E-state index in [-0.39, 0.29) is 11.5 Å². The molecule has 0 aliphatic carbocycles. The Hall–Kier alpha value is -3.28. The summed E-state index contributed by atoms with van der Waals surface area (Å²) in [5.74, 6) is -1.37. The molecule has 6 heteroatoms. The van der Waals surface area contributed by atoms with E-state index in [0.29, 0.717) is 12.4 Å². The van der Waals surface area contributed by atoms with Crippen molar-refractivity contribution < 1.29 is 14.0 Å². The third-order valence-corrected chi connectivity index (χ3v) is 3.78. The molecular weight excluding hydrogens is 321 g/mol. The summed E-state index contributed by atoms with van der Waals surface area (Å²) >= 11 is 0. The van der Waals surface area contributed by atoms with Crippen LogP contribution in [0.15, 0.2) is 60.9 Å². The summed E-state index contributed by atoms with van der Waals surface area (Å²) in [6.07, 6.45) is 3.25. The summed E-state index contributed by atoms with van der Waals surface area (Å²) in [7, 11) is 0. The minimum absolute atomic E-state index is 0.260. The lowest BCUT2D eigenvalue weighted by Crippen LogP contribution is -2.26. The third kappa shape index (κ3) is 3.80. The quantitative estimate of drug-likeness (QED) is 0.574. The van der Waals surface area contributed by atoms with E-state index in [1.165, 1.54) is 12.1 Å². The molecule has 0 saturated carbocycles. The van der Waals surface area contributed by atoms with Gasteiger partial charge in [0.1, 0.15) is 11.6 Å². The van der Waals surface area contributed by atoms with E-state index >= 15 is 0 Å². The first-order valence-electron chi connectivity index (χ1n) is 7.71. The van der Waals surface area contributed by atoms with E-state index in [0.717, 1.165) is 11.1 Å². The number of pyridine rings is 1. The zero-order valence-corrected chi connectivity index (χ0v) is 13.6. The minimum atomic E-state index is -0.749. The predicted molar refractivity (Wildman–Crippen MR) is 91.9 cm³/mol. The van der Waals surface area contributed by atoms with Crippen molar-refractivity contribution in [3.8, 4) is 0 Å². The highest BCUT2D eigenvalue weighted by Crippen LogP contribution is 2.13. The van der Waals surface area contributed by atoms with Crippen molar-refractivity contribution in [2.24, 2.45) is 0 Å². The summed E-state index contributed by atoms with van der Waals surface area (Å²) in [4.78, 5) is 28.8. The number of aryl methyl sites for hydroxylation is 1. The van der Waals surface area contributed by atoms with Gasteiger partial charge in [0.25, 0.3) is 11.7 Å². The lowest BCUT2D eigenvalue weighted by Gasteiger charge is -2.10. The summed E-state index contributed by atoms with van der Waals surface area (Å²) in [5, 5.41) is 2.53. The number of hydrogen-bond donors (Lipinski definition) is 1. The van der Waals surface area contributed by atoms with Crippen molar-refractivity contribution in [2.45, 2.75) is 13.5 Å². The molecule has 0 aliphatic heterocycles. The minimum Gasteiger partial charge on any atom is -0.340 e. The first-order valence-corrected chi connectivity index (χ1v) is 7.71. The molecule has 0 aliphatic rings. The lowest BCUT2D eigenvalue weighted by molar-refractivity contribution is -0.112. The van der Waals surface area contributed by atoms with E-state index < -0.39 is 11.7 Å². The molecular formula is C19H16FN3O2. The molecule has 0 bridgehead atoms. The van der Waals surface area contributed by atoms with Crippen molar-refractivity contribution in [1.29, 1.82) is 0 Å². The molecule has 0 unspecified atom stereocenters. The van der Waals surface area contributed by atoms with Crippen LogP contribution in [0.2, 0.25) is 0 Å². The number of amides is 1. The van der Waals surface area contributed by atoms with Crippen LogP contribution in [-0.2, 0) is 11.3 Å². The van der Waals surface area contributed by atoms with Gasteiger partial charge in [-0.3, -0.25) is 9.59 Å². The van der Waals surface area contributed by atoms with Crippen molar-refractivity contribution in [2.75, 3.05) is 5.32 Å². The average Bonchev–Trinajstić information content (AvgIpc) is 3.06. The van der Waals surface area contributed by atoms with Gasteiger partial charge in [0.05, 0.1) is 5.69 Å². The number of anilines is 1. The van der Waals surface area contributed by atoms with Crippen LogP contribution in [0.5, 0.6) is 0 Å². The molecule has 1 aromatic carbocycles. The number of carbonyl (C=O) groups is 2. The van der Waals surface area contributed by atoms with Gasteiger partial charge in [-0.15, -0.1) is 0 Å². The number of ketones is 1. The Morgan fingerprint density at radius 1 is 1.12 bits per heavy atom. The van der Waals surface area contributed by atoms with E-state index in [9.17, 15) is 14.0 Å². The average molecular weight is 337 g/mol. The normalized spacial score (nSPS) is 10.5. The molecule has 3 rings (SSSR count). The molecule has 5 nitrogen and oxygen atoms in total. The lowest BCUT2D eigenvalue weighted by atomic mass is 10.2. The number of carbonyl (C=O) groups excluding carboxylic acids is 2. The van der Waals surface area contributed by atoms with Crippen LogP contribution in [0.1, 0.15) is 21.6 Å². The highest BCUT2D eigenvalue weighted by atomic mass is 19.1. The fraction of sp³-hybridized carbons (Fsp3) is 0.105. The maximum absolute atomic E-state index is 13.0. The van der Waals surface area contributed by atoms with Crippen LogP contribution in [0, 0.1) is 12.7 Å². The summed E-state index contributed by atoms with van der Waals surface area (Å²) in [5.41, 5.74) is 1.85. The number of nitrogens with zero attached hydrogens (tertiary/aromatic N) is 2. The molecule has 0 radical (unpaired) electrons. The fourth-order valence-electron chi connectivity index (χ4n) is 2.44. The van der Waals surface area contributed by atoms with Gasteiger partial charge in [-0.2, -0.15) is 0 Å². The van der Waals surface area contributed by atoms with Gasteiger partial charge in [0, 0.05) is 18.9 Å². The Kier molecular flexibility index (Phi) is 4.70. The zero-order chi connectivity index (χ0) is 17.8. The maximum atomic E-state index is 13.0. The second-order valence-electron chi connectivity index (χ2n) is 5.60. The Labute approximate surface area is 144 Å². The second kappa shape index (κ2) is 7.09. The Morgan fingerprint density at radius 2 is 1.88 bits per heavy atom. The number of benzene rings is 1. The monoisotopic (exact) mass is 337 g/mol. The topological polar surface area (TPSA) is 64.0 Å². The Morgan fingerprint density at radius 3 is 2.60 bits per heavy atom. The van der Waals surface area contributed by atoms with Crippen LogP contribution >= 0.6 is 0 Å². The third-order valence-electron chi connectivity index (χ3n) is 3.78. The van der Waals surface area contributed by atoms with Crippen molar-refractivity contribution in [3.63, 3.8) is 0 Å². The molecule has 126 valence electrons. The van der Waals surface area contributed by atoms with Crippen LogP contribution < -0.4 is 5.32 Å². The van der Waals surface area contributed by atoms with Crippen molar-refractivity contribution >= 4 is 17.5 Å². The Bertz CT molecular complexity index is 916. The van der Waals surface area contributed by atoms with Gasteiger partial charge in [0.2, 0.25) is 0 Å². The summed E-state index contributed by atoms with van der Waals surface area (Å²) in [6.45, 7) is 2.16. The van der Waals surface area contributed by atoms with Gasteiger partial charge >= 0.3 is 0 Å².